The Hall–Kier alpha value is -2.97. The number of nitrogens with one attached hydrogen (secondary N) is 1. The molecule has 0 radical (unpaired) electrons. The number of benzene rings is 1. The first-order chi connectivity index (χ1) is 10.5. The van der Waals surface area contributed by atoms with Crippen LogP contribution in [0.25, 0.3) is 10.9 Å². The van der Waals surface area contributed by atoms with E-state index in [1.807, 2.05) is 0 Å². The smallest absolute Gasteiger partial charge is 0.326 e. The zero-order valence-electron chi connectivity index (χ0n) is 11.4. The molecule has 0 bridgehead atoms. The first-order valence-corrected chi connectivity index (χ1v) is 6.65. The van der Waals surface area contributed by atoms with Gasteiger partial charge in [0, 0.05) is 18.7 Å². The van der Waals surface area contributed by atoms with E-state index >= 15 is 0 Å². The second-order valence-corrected chi connectivity index (χ2v) is 5.04. The lowest BCUT2D eigenvalue weighted by molar-refractivity contribution is -0.384. The molecule has 1 unspecified atom stereocenters. The summed E-state index contributed by atoms with van der Waals surface area (Å²) in [6.45, 7) is 0.485. The zero-order chi connectivity index (χ0) is 15.9. The lowest BCUT2D eigenvalue weighted by Gasteiger charge is -2.21. The monoisotopic (exact) mass is 304 g/mol. The highest BCUT2D eigenvalue weighted by Gasteiger charge is 2.32. The van der Waals surface area contributed by atoms with Crippen LogP contribution in [-0.4, -0.2) is 38.6 Å². The van der Waals surface area contributed by atoms with Gasteiger partial charge in [0.15, 0.2) is 0 Å². The number of aromatic nitrogens is 2. The fraction of sp³-hybridized carbons (Fsp3) is 0.308. The van der Waals surface area contributed by atoms with Crippen LogP contribution in [0.4, 0.5) is 11.6 Å². The Labute approximate surface area is 123 Å². The van der Waals surface area contributed by atoms with Gasteiger partial charge in [-0.1, -0.05) is 0 Å². The van der Waals surface area contributed by atoms with Crippen molar-refractivity contribution in [1.29, 1.82) is 0 Å². The van der Waals surface area contributed by atoms with Crippen LogP contribution in [0.2, 0.25) is 0 Å². The minimum absolute atomic E-state index is 0.101. The van der Waals surface area contributed by atoms with E-state index in [1.165, 1.54) is 17.0 Å². The molecule has 9 heteroatoms. The van der Waals surface area contributed by atoms with E-state index in [9.17, 15) is 24.8 Å². The number of carboxylic acid groups (broad SMARTS) is 1. The average molecular weight is 304 g/mol. The molecule has 22 heavy (non-hydrogen) atoms. The summed E-state index contributed by atoms with van der Waals surface area (Å²) in [5.74, 6) is -0.791. The highest BCUT2D eigenvalue weighted by Crippen LogP contribution is 2.24. The summed E-state index contributed by atoms with van der Waals surface area (Å²) in [6, 6.07) is 3.08. The number of aromatic amines is 1. The van der Waals surface area contributed by atoms with Gasteiger partial charge in [-0.2, -0.15) is 0 Å². The number of fused-ring (bicyclic) bond motifs is 1. The molecule has 1 aromatic carbocycles. The SMILES string of the molecule is O=C(O)C1CCCN1c1nc2ccc([N+](=O)[O-])cc2c(=O)[nH]1. The molecule has 0 spiro atoms. The first-order valence-electron chi connectivity index (χ1n) is 6.65. The summed E-state index contributed by atoms with van der Waals surface area (Å²) in [4.78, 5) is 41.8. The molecule has 1 aromatic heterocycles. The van der Waals surface area contributed by atoms with Crippen molar-refractivity contribution in [2.75, 3.05) is 11.4 Å². The summed E-state index contributed by atoms with van der Waals surface area (Å²) in [7, 11) is 0. The first kappa shape index (κ1) is 14.0. The number of carboxylic acids is 1. The van der Waals surface area contributed by atoms with Crippen molar-refractivity contribution in [3.8, 4) is 0 Å². The van der Waals surface area contributed by atoms with E-state index in [4.69, 9.17) is 0 Å². The molecular formula is C13H12N4O5. The Balaban J connectivity index is 2.10. The molecule has 1 fully saturated rings. The summed E-state index contributed by atoms with van der Waals surface area (Å²) in [5, 5.41) is 20.0. The number of nitrogens with zero attached hydrogens (tertiary/aromatic N) is 3. The van der Waals surface area contributed by atoms with Crippen molar-refractivity contribution in [3.05, 3.63) is 38.7 Å². The average Bonchev–Trinajstić information content (AvgIpc) is 2.96. The molecule has 1 aliphatic rings. The van der Waals surface area contributed by atoms with Crippen LogP contribution in [0, 0.1) is 10.1 Å². The second-order valence-electron chi connectivity index (χ2n) is 5.04. The highest BCUT2D eigenvalue weighted by atomic mass is 16.6. The lowest BCUT2D eigenvalue weighted by atomic mass is 10.2. The van der Waals surface area contributed by atoms with E-state index in [2.05, 4.69) is 9.97 Å². The van der Waals surface area contributed by atoms with E-state index in [0.29, 0.717) is 24.9 Å². The molecule has 1 aliphatic heterocycles. The summed E-state index contributed by atoms with van der Waals surface area (Å²) in [6.07, 6.45) is 1.18. The minimum atomic E-state index is -0.969. The molecule has 9 nitrogen and oxygen atoms in total. The van der Waals surface area contributed by atoms with Crippen LogP contribution in [0.5, 0.6) is 0 Å². The van der Waals surface area contributed by atoms with Gasteiger partial charge in [0.2, 0.25) is 5.95 Å². The quantitative estimate of drug-likeness (QED) is 0.636. The van der Waals surface area contributed by atoms with Gasteiger partial charge in [0.25, 0.3) is 11.2 Å². The van der Waals surface area contributed by atoms with Gasteiger partial charge >= 0.3 is 5.97 Å². The zero-order valence-corrected chi connectivity index (χ0v) is 11.4. The molecule has 0 aliphatic carbocycles. The Kier molecular flexibility index (Phi) is 3.24. The van der Waals surface area contributed by atoms with E-state index in [-0.39, 0.29) is 17.0 Å². The van der Waals surface area contributed by atoms with Crippen LogP contribution in [-0.2, 0) is 4.79 Å². The van der Waals surface area contributed by atoms with Crippen LogP contribution in [0.1, 0.15) is 12.8 Å². The van der Waals surface area contributed by atoms with Crippen molar-refractivity contribution < 1.29 is 14.8 Å². The number of anilines is 1. The molecular weight excluding hydrogens is 292 g/mol. The van der Waals surface area contributed by atoms with Gasteiger partial charge in [-0.3, -0.25) is 19.9 Å². The maximum atomic E-state index is 12.1. The van der Waals surface area contributed by atoms with Crippen LogP contribution in [0.15, 0.2) is 23.0 Å². The molecule has 1 atom stereocenters. The van der Waals surface area contributed by atoms with Gasteiger partial charge in [-0.25, -0.2) is 9.78 Å². The van der Waals surface area contributed by atoms with Crippen LogP contribution >= 0.6 is 0 Å². The normalized spacial score (nSPS) is 17.8. The largest absolute Gasteiger partial charge is 0.480 e. The van der Waals surface area contributed by atoms with Crippen molar-refractivity contribution >= 4 is 28.5 Å². The van der Waals surface area contributed by atoms with Gasteiger partial charge in [0.1, 0.15) is 6.04 Å². The van der Waals surface area contributed by atoms with Crippen molar-refractivity contribution in [2.24, 2.45) is 0 Å². The van der Waals surface area contributed by atoms with Gasteiger partial charge in [-0.15, -0.1) is 0 Å². The van der Waals surface area contributed by atoms with Crippen molar-refractivity contribution in [2.45, 2.75) is 18.9 Å². The highest BCUT2D eigenvalue weighted by molar-refractivity contribution is 5.82. The third-order valence-electron chi connectivity index (χ3n) is 3.70. The predicted molar refractivity (Wildman–Crippen MR) is 77.0 cm³/mol. The third kappa shape index (κ3) is 2.26. The van der Waals surface area contributed by atoms with E-state index in [1.54, 1.807) is 0 Å². The fourth-order valence-corrected chi connectivity index (χ4v) is 2.64. The number of non-ortho nitro benzene ring substituents is 1. The van der Waals surface area contributed by atoms with Crippen LogP contribution < -0.4 is 10.5 Å². The molecule has 0 amide bonds. The molecule has 114 valence electrons. The molecule has 2 N–H and O–H groups in total. The van der Waals surface area contributed by atoms with Crippen molar-refractivity contribution in [3.63, 3.8) is 0 Å². The van der Waals surface area contributed by atoms with Crippen molar-refractivity contribution in [1.82, 2.24) is 9.97 Å². The Bertz CT molecular complexity index is 831. The number of rotatable bonds is 3. The number of hydrogen-bond donors (Lipinski definition) is 2. The number of nitro groups is 1. The molecule has 2 heterocycles. The van der Waals surface area contributed by atoms with Crippen LogP contribution in [0.3, 0.4) is 0 Å². The Morgan fingerprint density at radius 3 is 2.95 bits per heavy atom. The Morgan fingerprint density at radius 1 is 1.50 bits per heavy atom. The molecule has 1 saturated heterocycles. The number of H-pyrrole nitrogens is 1. The van der Waals surface area contributed by atoms with E-state index < -0.39 is 22.5 Å². The van der Waals surface area contributed by atoms with E-state index in [0.717, 1.165) is 6.07 Å². The predicted octanol–water partition coefficient (Wildman–Crippen LogP) is 0.885. The number of nitro benzene ring substituents is 1. The molecule has 0 saturated carbocycles. The van der Waals surface area contributed by atoms with Gasteiger partial charge < -0.3 is 10.0 Å². The third-order valence-corrected chi connectivity index (χ3v) is 3.70. The second kappa shape index (κ2) is 5.10. The maximum Gasteiger partial charge on any atom is 0.326 e. The molecule has 2 aromatic rings. The fourth-order valence-electron chi connectivity index (χ4n) is 2.64. The standard InChI is InChI=1S/C13H12N4O5/c18-11-8-6-7(17(21)22)3-4-9(8)14-13(15-11)16-5-1-2-10(16)12(19)20/h3-4,6,10H,1-2,5H2,(H,19,20)(H,14,15,18). The maximum absolute atomic E-state index is 12.1. The Morgan fingerprint density at radius 2 is 2.27 bits per heavy atom. The number of hydrogen-bond acceptors (Lipinski definition) is 6. The van der Waals surface area contributed by atoms with Gasteiger partial charge in [0.05, 0.1) is 15.8 Å². The lowest BCUT2D eigenvalue weighted by Crippen LogP contribution is -2.37. The molecule has 3 rings (SSSR count). The summed E-state index contributed by atoms with van der Waals surface area (Å²) in [5.41, 5.74) is -0.433. The number of aliphatic carboxylic acids is 1. The van der Waals surface area contributed by atoms with Gasteiger partial charge in [-0.05, 0) is 18.9 Å². The minimum Gasteiger partial charge on any atom is -0.480 e. The number of carbonyl (C=O) groups is 1. The summed E-state index contributed by atoms with van der Waals surface area (Å²) >= 11 is 0. The summed E-state index contributed by atoms with van der Waals surface area (Å²) < 4.78 is 0. The topological polar surface area (TPSA) is 129 Å².